The zero-order valence-electron chi connectivity index (χ0n) is 23.8. The molecule has 0 aromatic heterocycles. The van der Waals surface area contributed by atoms with E-state index < -0.39 is 17.9 Å². The third kappa shape index (κ3) is 5.51. The lowest BCUT2D eigenvalue weighted by Crippen LogP contribution is -2.47. The average Bonchev–Trinajstić information content (AvgIpc) is 3.23. The number of hydrogen-bond acceptors (Lipinski definition) is 6. The summed E-state index contributed by atoms with van der Waals surface area (Å²) < 4.78 is 13.5. The van der Waals surface area contributed by atoms with Gasteiger partial charge in [-0.2, -0.15) is 0 Å². The molecule has 2 fully saturated rings. The molecule has 1 atom stereocenters. The highest BCUT2D eigenvalue weighted by Crippen LogP contribution is 2.32. The van der Waals surface area contributed by atoms with Gasteiger partial charge in [-0.1, -0.05) is 36.4 Å². The lowest BCUT2D eigenvalue weighted by atomic mass is 9.92. The van der Waals surface area contributed by atoms with Crippen molar-refractivity contribution in [2.75, 3.05) is 31.1 Å². The van der Waals surface area contributed by atoms with Crippen LogP contribution in [-0.2, 0) is 29.0 Å². The summed E-state index contributed by atoms with van der Waals surface area (Å²) in [5, 5.41) is 0. The van der Waals surface area contributed by atoms with Crippen molar-refractivity contribution in [3.05, 3.63) is 99.9 Å². The Balaban J connectivity index is 1.05. The molecule has 6 rings (SSSR count). The van der Waals surface area contributed by atoms with Gasteiger partial charge in [0.2, 0.25) is 0 Å². The van der Waals surface area contributed by atoms with Gasteiger partial charge in [0.1, 0.15) is 11.6 Å². The van der Waals surface area contributed by atoms with Crippen LogP contribution in [0.4, 0.5) is 10.1 Å². The molecule has 3 aromatic rings. The van der Waals surface area contributed by atoms with Crippen LogP contribution in [0.1, 0.15) is 62.2 Å². The van der Waals surface area contributed by atoms with Gasteiger partial charge in [-0.15, -0.1) is 0 Å². The van der Waals surface area contributed by atoms with Gasteiger partial charge in [-0.3, -0.25) is 29.0 Å². The first-order valence-electron chi connectivity index (χ1n) is 14.6. The largest absolute Gasteiger partial charge is 0.369 e. The van der Waals surface area contributed by atoms with Crippen LogP contribution in [0.5, 0.6) is 0 Å². The third-order valence-corrected chi connectivity index (χ3v) is 8.77. The zero-order chi connectivity index (χ0) is 29.4. The van der Waals surface area contributed by atoms with E-state index in [0.29, 0.717) is 24.0 Å². The second kappa shape index (κ2) is 11.6. The number of aryl methyl sites for hydroxylation is 3. The molecule has 0 N–H and O–H groups in total. The molecule has 0 radical (unpaired) electrons. The highest BCUT2D eigenvalue weighted by Gasteiger charge is 2.45. The first-order chi connectivity index (χ1) is 20.3. The van der Waals surface area contributed by atoms with Gasteiger partial charge in [-0.05, 0) is 72.7 Å². The molecular weight excluding hydrogens is 533 g/mol. The maximum Gasteiger partial charge on any atom is 0.262 e. The number of anilines is 1. The topological polar surface area (TPSA) is 78.0 Å². The Morgan fingerprint density at radius 3 is 2.29 bits per heavy atom. The standard InChI is InChI=1S/C34H34FN3O4/c1-22-19-26(35)11-13-29(22)37-17-15-36(16-18-37)21-24-7-5-23(6-8-24)9-10-25-3-2-4-28-32(25)34(42)38(33(28)41)30-14-12-27(39)20-31(30)40/h2-8,11,13,19,30H,9-10,12,14-18,20-21H2,1H3. The van der Waals surface area contributed by atoms with Crippen molar-refractivity contribution in [1.29, 1.82) is 0 Å². The van der Waals surface area contributed by atoms with Crippen LogP contribution in [0.15, 0.2) is 60.7 Å². The molecule has 7 nitrogen and oxygen atoms in total. The number of Topliss-reactive ketones (excluding diaryl/α,β-unsaturated/α-hetero) is 2. The van der Waals surface area contributed by atoms with Gasteiger partial charge in [-0.25, -0.2) is 4.39 Å². The van der Waals surface area contributed by atoms with Gasteiger partial charge in [0.15, 0.2) is 5.78 Å². The van der Waals surface area contributed by atoms with Crippen molar-refractivity contribution in [2.24, 2.45) is 0 Å². The Morgan fingerprint density at radius 1 is 0.833 bits per heavy atom. The Hall–Kier alpha value is -4.17. The number of rotatable bonds is 7. The highest BCUT2D eigenvalue weighted by molar-refractivity contribution is 6.24. The minimum Gasteiger partial charge on any atom is -0.369 e. The van der Waals surface area contributed by atoms with Crippen LogP contribution >= 0.6 is 0 Å². The maximum absolute atomic E-state index is 13.5. The Kier molecular flexibility index (Phi) is 7.73. The van der Waals surface area contributed by atoms with E-state index in [0.717, 1.165) is 60.0 Å². The fourth-order valence-corrected chi connectivity index (χ4v) is 6.47. The molecule has 216 valence electrons. The van der Waals surface area contributed by atoms with Gasteiger partial charge in [0, 0.05) is 44.8 Å². The molecule has 0 bridgehead atoms. The van der Waals surface area contributed by atoms with E-state index in [2.05, 4.69) is 34.1 Å². The van der Waals surface area contributed by atoms with Crippen molar-refractivity contribution in [2.45, 2.75) is 51.6 Å². The molecule has 1 aliphatic carbocycles. The van der Waals surface area contributed by atoms with Crippen molar-refractivity contribution in [3.63, 3.8) is 0 Å². The smallest absolute Gasteiger partial charge is 0.262 e. The average molecular weight is 568 g/mol. The quantitative estimate of drug-likeness (QED) is 0.309. The summed E-state index contributed by atoms with van der Waals surface area (Å²) in [5.74, 6) is -1.56. The molecule has 1 saturated carbocycles. The molecule has 0 spiro atoms. The molecule has 1 unspecified atom stereocenters. The summed E-state index contributed by atoms with van der Waals surface area (Å²) in [6.07, 6.45) is 1.50. The molecular formula is C34H34FN3O4. The fraction of sp³-hybridized carbons (Fsp3) is 0.353. The van der Waals surface area contributed by atoms with Crippen LogP contribution in [0.2, 0.25) is 0 Å². The summed E-state index contributed by atoms with van der Waals surface area (Å²) in [6.45, 7) is 6.48. The second-order valence-corrected chi connectivity index (χ2v) is 11.6. The Labute approximate surface area is 244 Å². The van der Waals surface area contributed by atoms with Crippen LogP contribution in [0, 0.1) is 12.7 Å². The van der Waals surface area contributed by atoms with E-state index in [1.807, 2.05) is 19.1 Å². The molecule has 42 heavy (non-hydrogen) atoms. The molecule has 2 amide bonds. The van der Waals surface area contributed by atoms with Gasteiger partial charge >= 0.3 is 0 Å². The number of halogens is 1. The predicted molar refractivity (Wildman–Crippen MR) is 157 cm³/mol. The number of hydrogen-bond donors (Lipinski definition) is 0. The molecule has 1 saturated heterocycles. The Bertz CT molecular complexity index is 1560. The molecule has 3 aliphatic rings. The van der Waals surface area contributed by atoms with Gasteiger partial charge in [0.05, 0.1) is 23.6 Å². The van der Waals surface area contributed by atoms with E-state index in [-0.39, 0.29) is 36.6 Å². The van der Waals surface area contributed by atoms with Crippen LogP contribution in [0.25, 0.3) is 0 Å². The minimum absolute atomic E-state index is 0.140. The lowest BCUT2D eigenvalue weighted by Gasteiger charge is -2.36. The van der Waals surface area contributed by atoms with Crippen molar-refractivity contribution in [1.82, 2.24) is 9.80 Å². The van der Waals surface area contributed by atoms with Crippen LogP contribution in [0.3, 0.4) is 0 Å². The normalized spacial score (nSPS) is 19.5. The number of amides is 2. The summed E-state index contributed by atoms with van der Waals surface area (Å²) in [5.41, 5.74) is 5.96. The van der Waals surface area contributed by atoms with E-state index in [1.54, 1.807) is 18.2 Å². The van der Waals surface area contributed by atoms with Gasteiger partial charge < -0.3 is 4.90 Å². The van der Waals surface area contributed by atoms with E-state index in [4.69, 9.17) is 0 Å². The van der Waals surface area contributed by atoms with Gasteiger partial charge in [0.25, 0.3) is 11.8 Å². The summed E-state index contributed by atoms with van der Waals surface area (Å²) in [4.78, 5) is 56.5. The highest BCUT2D eigenvalue weighted by atomic mass is 19.1. The van der Waals surface area contributed by atoms with Crippen molar-refractivity contribution < 1.29 is 23.6 Å². The third-order valence-electron chi connectivity index (χ3n) is 8.77. The number of fused-ring (bicyclic) bond motifs is 1. The summed E-state index contributed by atoms with van der Waals surface area (Å²) >= 11 is 0. The Morgan fingerprint density at radius 2 is 1.57 bits per heavy atom. The second-order valence-electron chi connectivity index (χ2n) is 11.6. The maximum atomic E-state index is 13.5. The number of ketones is 2. The first-order valence-corrected chi connectivity index (χ1v) is 14.6. The number of piperazine rings is 1. The zero-order valence-corrected chi connectivity index (χ0v) is 23.8. The minimum atomic E-state index is -0.856. The fourth-order valence-electron chi connectivity index (χ4n) is 6.47. The SMILES string of the molecule is Cc1cc(F)ccc1N1CCN(Cc2ccc(CCc3cccc4c3C(=O)N(C3CCC(=O)CC3=O)C4=O)cc2)CC1. The molecule has 2 aliphatic heterocycles. The molecule has 3 aromatic carbocycles. The first kappa shape index (κ1) is 28.0. The van der Waals surface area contributed by atoms with E-state index >= 15 is 0 Å². The predicted octanol–water partition coefficient (Wildman–Crippen LogP) is 4.53. The number of carbonyl (C=O) groups is 4. The van der Waals surface area contributed by atoms with Crippen LogP contribution in [-0.4, -0.2) is 65.4 Å². The number of imide groups is 1. The van der Waals surface area contributed by atoms with Crippen LogP contribution < -0.4 is 4.90 Å². The molecule has 8 heteroatoms. The van der Waals surface area contributed by atoms with E-state index in [1.165, 1.54) is 11.6 Å². The van der Waals surface area contributed by atoms with E-state index in [9.17, 15) is 23.6 Å². The van der Waals surface area contributed by atoms with Crippen molar-refractivity contribution >= 4 is 29.1 Å². The number of carbonyl (C=O) groups excluding carboxylic acids is 4. The summed E-state index contributed by atoms with van der Waals surface area (Å²) in [7, 11) is 0. The van der Waals surface area contributed by atoms with Crippen molar-refractivity contribution in [3.8, 4) is 0 Å². The summed E-state index contributed by atoms with van der Waals surface area (Å²) in [6, 6.07) is 18.0. The monoisotopic (exact) mass is 567 g/mol. The number of benzene rings is 3. The molecule has 2 heterocycles. The lowest BCUT2D eigenvalue weighted by molar-refractivity contribution is -0.132. The number of nitrogens with zero attached hydrogens (tertiary/aromatic N) is 3.